The Hall–Kier alpha value is -1.10. The van der Waals surface area contributed by atoms with Gasteiger partial charge in [-0.25, -0.2) is 0 Å². The van der Waals surface area contributed by atoms with E-state index in [1.807, 2.05) is 24.4 Å². The fourth-order valence-corrected chi connectivity index (χ4v) is 2.20. The molecule has 5 heteroatoms. The zero-order chi connectivity index (χ0) is 13.7. The molecule has 1 aromatic heterocycles. The van der Waals surface area contributed by atoms with E-state index in [0.29, 0.717) is 11.6 Å². The van der Waals surface area contributed by atoms with E-state index in [-0.39, 0.29) is 6.04 Å². The number of aromatic nitrogens is 1. The number of ether oxygens (including phenoxy) is 1. The van der Waals surface area contributed by atoms with Gasteiger partial charge in [0.1, 0.15) is 12.4 Å². The van der Waals surface area contributed by atoms with Gasteiger partial charge in [-0.3, -0.25) is 4.98 Å². The second-order valence-corrected chi connectivity index (χ2v) is 5.59. The van der Waals surface area contributed by atoms with Crippen LogP contribution in [0.15, 0.2) is 47.2 Å². The molecule has 0 radical (unpaired) electrons. The summed E-state index contributed by atoms with van der Waals surface area (Å²) < 4.78 is 6.56. The Balaban J connectivity index is 1.84. The number of nitrogens with two attached hydrogens (primary N) is 1. The lowest BCUT2D eigenvalue weighted by Gasteiger charge is -2.13. The molecule has 2 rings (SSSR count). The van der Waals surface area contributed by atoms with E-state index < -0.39 is 0 Å². The number of halogens is 2. The van der Waals surface area contributed by atoms with Crippen LogP contribution in [0.2, 0.25) is 5.02 Å². The normalized spacial score (nSPS) is 12.2. The second-order valence-electron chi connectivity index (χ2n) is 4.24. The molecule has 0 aliphatic heterocycles. The maximum atomic E-state index is 6.04. The maximum Gasteiger partial charge on any atom is 0.119 e. The molecule has 0 aliphatic carbocycles. The van der Waals surface area contributed by atoms with Crippen LogP contribution in [0.25, 0.3) is 0 Å². The van der Waals surface area contributed by atoms with E-state index in [1.165, 1.54) is 0 Å². The third-order valence-electron chi connectivity index (χ3n) is 2.54. The molecule has 100 valence electrons. The summed E-state index contributed by atoms with van der Waals surface area (Å²) in [4.78, 5) is 4.11. The summed E-state index contributed by atoms with van der Waals surface area (Å²) in [7, 11) is 0. The molecule has 0 saturated heterocycles. The molecule has 1 atom stereocenters. The highest BCUT2D eigenvalue weighted by molar-refractivity contribution is 9.10. The molecule has 1 aromatic carbocycles. The van der Waals surface area contributed by atoms with E-state index in [2.05, 4.69) is 20.9 Å². The summed E-state index contributed by atoms with van der Waals surface area (Å²) in [6.45, 7) is 0.453. The molecule has 2 N–H and O–H groups in total. The summed E-state index contributed by atoms with van der Waals surface area (Å²) in [5, 5.41) is 0.692. The van der Waals surface area contributed by atoms with Crippen LogP contribution >= 0.6 is 27.5 Å². The highest BCUT2D eigenvalue weighted by atomic mass is 79.9. The molecule has 0 bridgehead atoms. The first-order valence-corrected chi connectivity index (χ1v) is 7.04. The lowest BCUT2D eigenvalue weighted by atomic mass is 10.1. The van der Waals surface area contributed by atoms with Gasteiger partial charge < -0.3 is 10.5 Å². The third kappa shape index (κ3) is 4.82. The standard InChI is InChI=1S/C14H14BrClN2O/c15-11-5-10(7-18-8-11)6-13(17)9-19-14-3-1-12(16)2-4-14/h1-5,7-8,13H,6,9,17H2. The summed E-state index contributed by atoms with van der Waals surface area (Å²) in [5.41, 5.74) is 7.12. The van der Waals surface area contributed by atoms with E-state index in [4.69, 9.17) is 22.1 Å². The van der Waals surface area contributed by atoms with Gasteiger partial charge in [0.05, 0.1) is 0 Å². The van der Waals surface area contributed by atoms with Gasteiger partial charge >= 0.3 is 0 Å². The molecular weight excluding hydrogens is 328 g/mol. The van der Waals surface area contributed by atoms with Crippen molar-refractivity contribution < 1.29 is 4.74 Å². The van der Waals surface area contributed by atoms with E-state index >= 15 is 0 Å². The minimum atomic E-state index is -0.0771. The first-order valence-electron chi connectivity index (χ1n) is 5.87. The summed E-state index contributed by atoms with van der Waals surface area (Å²) in [6, 6.07) is 9.17. The van der Waals surface area contributed by atoms with E-state index in [9.17, 15) is 0 Å². The molecule has 0 amide bonds. The Morgan fingerprint density at radius 2 is 2.00 bits per heavy atom. The fourth-order valence-electron chi connectivity index (χ4n) is 1.66. The van der Waals surface area contributed by atoms with Crippen molar-refractivity contribution in [1.29, 1.82) is 0 Å². The predicted octanol–water partition coefficient (Wildman–Crippen LogP) is 3.45. The quantitative estimate of drug-likeness (QED) is 0.906. The Kier molecular flexibility index (Phi) is 5.19. The molecular formula is C14H14BrClN2O. The minimum absolute atomic E-state index is 0.0771. The highest BCUT2D eigenvalue weighted by Crippen LogP contribution is 2.16. The molecule has 3 nitrogen and oxygen atoms in total. The van der Waals surface area contributed by atoms with Crippen molar-refractivity contribution in [1.82, 2.24) is 4.98 Å². The van der Waals surface area contributed by atoms with Crippen molar-refractivity contribution in [3.63, 3.8) is 0 Å². The summed E-state index contributed by atoms with van der Waals surface area (Å²) in [6.07, 6.45) is 4.28. The number of hydrogen-bond acceptors (Lipinski definition) is 3. The van der Waals surface area contributed by atoms with Gasteiger partial charge in [-0.15, -0.1) is 0 Å². The summed E-state index contributed by atoms with van der Waals surface area (Å²) in [5.74, 6) is 0.771. The lowest BCUT2D eigenvalue weighted by molar-refractivity contribution is 0.287. The van der Waals surface area contributed by atoms with Gasteiger partial charge in [-0.1, -0.05) is 11.6 Å². The van der Waals surface area contributed by atoms with Crippen LogP contribution in [0.3, 0.4) is 0 Å². The Morgan fingerprint density at radius 1 is 1.26 bits per heavy atom. The second kappa shape index (κ2) is 6.89. The van der Waals surface area contributed by atoms with Crippen LogP contribution in [-0.2, 0) is 6.42 Å². The predicted molar refractivity (Wildman–Crippen MR) is 80.6 cm³/mol. The van der Waals surface area contributed by atoms with Crippen molar-refractivity contribution in [2.24, 2.45) is 5.73 Å². The Bertz CT molecular complexity index is 533. The lowest BCUT2D eigenvalue weighted by Crippen LogP contribution is -2.30. The zero-order valence-corrected chi connectivity index (χ0v) is 12.6. The monoisotopic (exact) mass is 340 g/mol. The first-order chi connectivity index (χ1) is 9.13. The minimum Gasteiger partial charge on any atom is -0.492 e. The van der Waals surface area contributed by atoms with Gasteiger partial charge in [0, 0.05) is 27.9 Å². The van der Waals surface area contributed by atoms with Crippen LogP contribution < -0.4 is 10.5 Å². The molecule has 1 unspecified atom stereocenters. The van der Waals surface area contributed by atoms with Crippen molar-refractivity contribution >= 4 is 27.5 Å². The molecule has 0 saturated carbocycles. The smallest absolute Gasteiger partial charge is 0.119 e. The molecule has 1 heterocycles. The Morgan fingerprint density at radius 3 is 2.68 bits per heavy atom. The average Bonchev–Trinajstić information content (AvgIpc) is 2.38. The van der Waals surface area contributed by atoms with Gasteiger partial charge in [-0.05, 0) is 58.2 Å². The largest absolute Gasteiger partial charge is 0.492 e. The first kappa shape index (κ1) is 14.3. The van der Waals surface area contributed by atoms with Crippen LogP contribution in [0.5, 0.6) is 5.75 Å². The molecule has 19 heavy (non-hydrogen) atoms. The third-order valence-corrected chi connectivity index (χ3v) is 3.22. The number of rotatable bonds is 5. The molecule has 0 spiro atoms. The summed E-state index contributed by atoms with van der Waals surface area (Å²) >= 11 is 9.19. The van der Waals surface area contributed by atoms with E-state index in [0.717, 1.165) is 22.2 Å². The van der Waals surface area contributed by atoms with Crippen molar-refractivity contribution in [2.45, 2.75) is 12.5 Å². The van der Waals surface area contributed by atoms with E-state index in [1.54, 1.807) is 18.3 Å². The number of pyridine rings is 1. The Labute approximate surface area is 125 Å². The topological polar surface area (TPSA) is 48.1 Å². The van der Waals surface area contributed by atoms with Crippen LogP contribution in [-0.4, -0.2) is 17.6 Å². The van der Waals surface area contributed by atoms with Crippen molar-refractivity contribution in [2.75, 3.05) is 6.61 Å². The van der Waals surface area contributed by atoms with Crippen LogP contribution in [0, 0.1) is 0 Å². The van der Waals surface area contributed by atoms with Gasteiger partial charge in [0.15, 0.2) is 0 Å². The highest BCUT2D eigenvalue weighted by Gasteiger charge is 2.06. The fraction of sp³-hybridized carbons (Fsp3) is 0.214. The van der Waals surface area contributed by atoms with Gasteiger partial charge in [0.2, 0.25) is 0 Å². The van der Waals surface area contributed by atoms with Gasteiger partial charge in [0.25, 0.3) is 0 Å². The van der Waals surface area contributed by atoms with Crippen molar-refractivity contribution in [3.05, 3.63) is 57.8 Å². The average molecular weight is 342 g/mol. The van der Waals surface area contributed by atoms with Crippen LogP contribution in [0.1, 0.15) is 5.56 Å². The van der Waals surface area contributed by atoms with Crippen molar-refractivity contribution in [3.8, 4) is 5.75 Å². The number of nitrogens with zero attached hydrogens (tertiary/aromatic N) is 1. The maximum absolute atomic E-state index is 6.04. The van der Waals surface area contributed by atoms with Crippen LogP contribution in [0.4, 0.5) is 0 Å². The molecule has 2 aromatic rings. The molecule has 0 fully saturated rings. The number of hydrogen-bond donors (Lipinski definition) is 1. The van der Waals surface area contributed by atoms with Gasteiger partial charge in [-0.2, -0.15) is 0 Å². The SMILES string of the molecule is NC(COc1ccc(Cl)cc1)Cc1cncc(Br)c1. The zero-order valence-electron chi connectivity index (χ0n) is 10.2. The molecule has 0 aliphatic rings. The number of benzene rings is 1.